The molecule has 0 aliphatic heterocycles. The number of carboxylic acids is 1. The van der Waals surface area contributed by atoms with Gasteiger partial charge in [0.2, 0.25) is 5.88 Å². The second-order valence-electron chi connectivity index (χ2n) is 7.01. The Morgan fingerprint density at radius 3 is 2.84 bits per heavy atom. The van der Waals surface area contributed by atoms with Crippen molar-refractivity contribution < 1.29 is 14.6 Å². The van der Waals surface area contributed by atoms with Crippen LogP contribution in [0.25, 0.3) is 10.2 Å². The van der Waals surface area contributed by atoms with Crippen molar-refractivity contribution in [2.24, 2.45) is 0 Å². The molecular formula is C18H23N3O3S. The molecule has 25 heavy (non-hydrogen) atoms. The van der Waals surface area contributed by atoms with Crippen molar-refractivity contribution in [2.75, 3.05) is 7.05 Å². The molecule has 1 atom stereocenters. The summed E-state index contributed by atoms with van der Waals surface area (Å²) in [5.74, 6) is -0.0516. The fourth-order valence-corrected chi connectivity index (χ4v) is 5.40. The minimum Gasteiger partial charge on any atom is -0.481 e. The number of carboxylic acid groups (broad SMARTS) is 1. The number of hydrogen-bond acceptors (Lipinski definition) is 6. The van der Waals surface area contributed by atoms with Gasteiger partial charge in [0, 0.05) is 10.9 Å². The highest BCUT2D eigenvalue weighted by atomic mass is 32.1. The van der Waals surface area contributed by atoms with Crippen LogP contribution in [0.3, 0.4) is 0 Å². The van der Waals surface area contributed by atoms with Crippen molar-refractivity contribution >= 4 is 27.5 Å². The molecule has 1 saturated carbocycles. The lowest BCUT2D eigenvalue weighted by Gasteiger charge is -2.28. The number of nitrogens with zero attached hydrogens (tertiary/aromatic N) is 2. The van der Waals surface area contributed by atoms with E-state index in [1.54, 1.807) is 17.7 Å². The van der Waals surface area contributed by atoms with Gasteiger partial charge in [-0.3, -0.25) is 4.79 Å². The highest BCUT2D eigenvalue weighted by molar-refractivity contribution is 7.19. The zero-order chi connectivity index (χ0) is 17.4. The summed E-state index contributed by atoms with van der Waals surface area (Å²) in [7, 11) is 2.01. The Morgan fingerprint density at radius 2 is 2.12 bits per heavy atom. The first kappa shape index (κ1) is 16.7. The fourth-order valence-electron chi connectivity index (χ4n) is 4.17. The Labute approximate surface area is 150 Å². The summed E-state index contributed by atoms with van der Waals surface area (Å²) in [6.07, 6.45) is 7.99. The quantitative estimate of drug-likeness (QED) is 0.851. The highest BCUT2D eigenvalue weighted by Crippen LogP contribution is 2.47. The predicted molar refractivity (Wildman–Crippen MR) is 96.5 cm³/mol. The first-order valence-corrected chi connectivity index (χ1v) is 9.79. The molecular weight excluding hydrogens is 338 g/mol. The van der Waals surface area contributed by atoms with E-state index in [2.05, 4.69) is 15.3 Å². The first-order valence-electron chi connectivity index (χ1n) is 8.97. The van der Waals surface area contributed by atoms with Gasteiger partial charge in [-0.25, -0.2) is 9.97 Å². The summed E-state index contributed by atoms with van der Waals surface area (Å²) < 4.78 is 6.28. The second-order valence-corrected chi connectivity index (χ2v) is 8.10. The zero-order valence-corrected chi connectivity index (χ0v) is 15.1. The van der Waals surface area contributed by atoms with E-state index in [4.69, 9.17) is 4.74 Å². The molecule has 6 nitrogen and oxygen atoms in total. The largest absolute Gasteiger partial charge is 0.481 e. The van der Waals surface area contributed by atoms with E-state index in [0.29, 0.717) is 11.9 Å². The number of aryl methyl sites for hydroxylation is 1. The van der Waals surface area contributed by atoms with E-state index >= 15 is 0 Å². The van der Waals surface area contributed by atoms with Crippen molar-refractivity contribution in [2.45, 2.75) is 63.0 Å². The molecule has 7 heteroatoms. The molecule has 2 heterocycles. The first-order chi connectivity index (χ1) is 12.2. The molecule has 4 rings (SSSR count). The predicted octanol–water partition coefficient (Wildman–Crippen LogP) is 3.11. The van der Waals surface area contributed by atoms with Crippen LogP contribution in [0.4, 0.5) is 0 Å². The average molecular weight is 361 g/mol. The molecule has 0 saturated heterocycles. The number of thiophene rings is 1. The monoisotopic (exact) mass is 361 g/mol. The lowest BCUT2D eigenvalue weighted by atomic mass is 9.93. The zero-order valence-electron chi connectivity index (χ0n) is 14.3. The molecule has 0 bridgehead atoms. The Balaban J connectivity index is 1.63. The van der Waals surface area contributed by atoms with Crippen LogP contribution in [0.1, 0.15) is 54.9 Å². The van der Waals surface area contributed by atoms with Gasteiger partial charge in [0.05, 0.1) is 11.8 Å². The summed E-state index contributed by atoms with van der Waals surface area (Å²) in [5.41, 5.74) is 1.13. The Bertz CT molecular complexity index is 783. The van der Waals surface area contributed by atoms with E-state index in [1.807, 2.05) is 7.05 Å². The SMILES string of the molecule is CNC1CCC(Oc2ncnc3sc4c(c23)[C@@H](CC(=O)O)CC4)CC1. The lowest BCUT2D eigenvalue weighted by molar-refractivity contribution is -0.137. The number of aliphatic carboxylic acids is 1. The van der Waals surface area contributed by atoms with Gasteiger partial charge in [0.15, 0.2) is 0 Å². The van der Waals surface area contributed by atoms with Crippen LogP contribution in [0.15, 0.2) is 6.33 Å². The molecule has 2 aliphatic rings. The van der Waals surface area contributed by atoms with E-state index in [-0.39, 0.29) is 18.4 Å². The minimum atomic E-state index is -0.748. The van der Waals surface area contributed by atoms with Crippen LogP contribution in [-0.4, -0.2) is 40.2 Å². The normalized spacial score (nSPS) is 25.9. The van der Waals surface area contributed by atoms with Gasteiger partial charge in [-0.2, -0.15) is 0 Å². The van der Waals surface area contributed by atoms with Crippen LogP contribution in [0.2, 0.25) is 0 Å². The fraction of sp³-hybridized carbons (Fsp3) is 0.611. The van der Waals surface area contributed by atoms with E-state index < -0.39 is 5.97 Å². The van der Waals surface area contributed by atoms with Crippen LogP contribution >= 0.6 is 11.3 Å². The summed E-state index contributed by atoms with van der Waals surface area (Å²) in [6, 6.07) is 0.579. The summed E-state index contributed by atoms with van der Waals surface area (Å²) in [5, 5.41) is 13.5. The number of carbonyl (C=O) groups is 1. The molecule has 2 aromatic rings. The van der Waals surface area contributed by atoms with Crippen molar-refractivity contribution in [3.63, 3.8) is 0 Å². The van der Waals surface area contributed by atoms with Crippen molar-refractivity contribution in [3.8, 4) is 5.88 Å². The molecule has 0 aromatic carbocycles. The van der Waals surface area contributed by atoms with Crippen LogP contribution in [-0.2, 0) is 11.2 Å². The third-order valence-corrected chi connectivity index (χ3v) is 6.65. The Kier molecular flexibility index (Phi) is 4.60. The maximum absolute atomic E-state index is 11.2. The van der Waals surface area contributed by atoms with E-state index in [1.165, 1.54) is 4.88 Å². The van der Waals surface area contributed by atoms with Crippen molar-refractivity contribution in [3.05, 3.63) is 16.8 Å². The van der Waals surface area contributed by atoms with Crippen LogP contribution < -0.4 is 10.1 Å². The molecule has 134 valence electrons. The molecule has 0 radical (unpaired) electrons. The smallest absolute Gasteiger partial charge is 0.303 e. The van der Waals surface area contributed by atoms with E-state index in [0.717, 1.165) is 54.3 Å². The second kappa shape index (κ2) is 6.88. The minimum absolute atomic E-state index is 0.0506. The van der Waals surface area contributed by atoms with Gasteiger partial charge in [-0.15, -0.1) is 11.3 Å². The average Bonchev–Trinajstić information content (AvgIpc) is 3.15. The molecule has 2 N–H and O–H groups in total. The van der Waals surface area contributed by atoms with Gasteiger partial charge in [0.1, 0.15) is 17.3 Å². The molecule has 2 aliphatic carbocycles. The van der Waals surface area contributed by atoms with Gasteiger partial charge in [-0.05, 0) is 57.1 Å². The number of hydrogen-bond donors (Lipinski definition) is 2. The number of ether oxygens (including phenoxy) is 1. The van der Waals surface area contributed by atoms with Crippen molar-refractivity contribution in [1.29, 1.82) is 0 Å². The number of rotatable bonds is 5. The number of fused-ring (bicyclic) bond motifs is 3. The molecule has 0 unspecified atom stereocenters. The third kappa shape index (κ3) is 3.22. The van der Waals surface area contributed by atoms with Crippen LogP contribution in [0.5, 0.6) is 5.88 Å². The lowest BCUT2D eigenvalue weighted by Crippen LogP contribution is -2.34. The van der Waals surface area contributed by atoms with Gasteiger partial charge in [0.25, 0.3) is 0 Å². The van der Waals surface area contributed by atoms with Gasteiger partial charge >= 0.3 is 5.97 Å². The molecule has 0 amide bonds. The van der Waals surface area contributed by atoms with Crippen LogP contribution in [0, 0.1) is 0 Å². The number of nitrogens with one attached hydrogen (secondary N) is 1. The molecule has 0 spiro atoms. The van der Waals surface area contributed by atoms with Gasteiger partial charge < -0.3 is 15.2 Å². The maximum atomic E-state index is 11.2. The summed E-state index contributed by atoms with van der Waals surface area (Å²) in [4.78, 5) is 22.2. The Hall–Kier alpha value is -1.73. The summed E-state index contributed by atoms with van der Waals surface area (Å²) in [6.45, 7) is 0. The van der Waals surface area contributed by atoms with Crippen molar-refractivity contribution in [1.82, 2.24) is 15.3 Å². The molecule has 1 fully saturated rings. The topological polar surface area (TPSA) is 84.3 Å². The van der Waals surface area contributed by atoms with E-state index in [9.17, 15) is 9.90 Å². The highest BCUT2D eigenvalue weighted by Gasteiger charge is 2.32. The Morgan fingerprint density at radius 1 is 1.32 bits per heavy atom. The third-order valence-electron chi connectivity index (χ3n) is 5.48. The summed E-state index contributed by atoms with van der Waals surface area (Å²) >= 11 is 1.66. The maximum Gasteiger partial charge on any atom is 0.303 e. The van der Waals surface area contributed by atoms with Gasteiger partial charge in [-0.1, -0.05) is 0 Å². The standard InChI is InChI=1S/C18H23N3O3S/c1-19-11-3-5-12(6-4-11)24-17-16-15-10(8-14(22)23)2-7-13(15)25-18(16)21-9-20-17/h9-12,19H,2-8H2,1H3,(H,22,23)/t10-,11?,12?/m1/s1. The molecule has 2 aromatic heterocycles. The number of aromatic nitrogens is 2.